The van der Waals surface area contributed by atoms with Gasteiger partial charge in [-0.3, -0.25) is 9.59 Å². The van der Waals surface area contributed by atoms with Crippen LogP contribution in [0.4, 0.5) is 0 Å². The quantitative estimate of drug-likeness (QED) is 0.257. The van der Waals surface area contributed by atoms with Crippen LogP contribution < -0.4 is 9.46 Å². The second-order valence-electron chi connectivity index (χ2n) is 10.8. The van der Waals surface area contributed by atoms with Gasteiger partial charge in [-0.2, -0.15) is 0 Å². The van der Waals surface area contributed by atoms with E-state index in [1.54, 1.807) is 42.2 Å². The maximum atomic E-state index is 14.4. The van der Waals surface area contributed by atoms with Gasteiger partial charge in [-0.1, -0.05) is 61.3 Å². The molecule has 0 bridgehead atoms. The molecule has 1 unspecified atom stereocenters. The van der Waals surface area contributed by atoms with E-state index in [4.69, 9.17) is 27.9 Å². The fraction of sp³-hybridized carbons (Fsp3) is 0.355. The SMILES string of the molecule is CCC(CNS(=O)(=O)c1ccc(OC)cc1)N1C(=O)[C@@](C)(CC(=O)O)C[C@H](c2cccc(Cl)c2)[C@H]1c1ccc(Cl)cc1. The summed E-state index contributed by atoms with van der Waals surface area (Å²) in [4.78, 5) is 28.1. The van der Waals surface area contributed by atoms with E-state index in [0.717, 1.165) is 11.1 Å². The Bertz CT molecular complexity index is 1530. The molecule has 0 radical (unpaired) electrons. The predicted octanol–water partition coefficient (Wildman–Crippen LogP) is 6.30. The minimum absolute atomic E-state index is 0.0601. The Labute approximate surface area is 256 Å². The van der Waals surface area contributed by atoms with Gasteiger partial charge in [0, 0.05) is 28.5 Å². The number of carbonyl (C=O) groups is 2. The van der Waals surface area contributed by atoms with Crippen molar-refractivity contribution in [1.29, 1.82) is 0 Å². The number of amides is 1. The number of piperidine rings is 1. The van der Waals surface area contributed by atoms with Crippen LogP contribution in [0.3, 0.4) is 0 Å². The molecule has 8 nitrogen and oxygen atoms in total. The molecule has 0 saturated carbocycles. The van der Waals surface area contributed by atoms with Crippen LogP contribution >= 0.6 is 23.2 Å². The fourth-order valence-corrected chi connectivity index (χ4v) is 7.16. The topological polar surface area (TPSA) is 113 Å². The van der Waals surface area contributed by atoms with Crippen molar-refractivity contribution in [1.82, 2.24) is 9.62 Å². The predicted molar refractivity (Wildman–Crippen MR) is 162 cm³/mol. The van der Waals surface area contributed by atoms with Gasteiger partial charge in [0.15, 0.2) is 0 Å². The van der Waals surface area contributed by atoms with E-state index in [-0.39, 0.29) is 36.1 Å². The number of hydrogen-bond donors (Lipinski definition) is 2. The first-order valence-electron chi connectivity index (χ1n) is 13.6. The fourth-order valence-electron chi connectivity index (χ4n) is 5.76. The summed E-state index contributed by atoms with van der Waals surface area (Å²) in [5, 5.41) is 10.9. The third-order valence-corrected chi connectivity index (χ3v) is 9.80. The van der Waals surface area contributed by atoms with Crippen LogP contribution in [0.15, 0.2) is 77.7 Å². The van der Waals surface area contributed by atoms with Gasteiger partial charge in [0.1, 0.15) is 5.75 Å². The number of nitrogens with one attached hydrogen (secondary N) is 1. The molecule has 4 rings (SSSR count). The Morgan fingerprint density at radius 1 is 1.07 bits per heavy atom. The van der Waals surface area contributed by atoms with Gasteiger partial charge in [-0.25, -0.2) is 13.1 Å². The van der Waals surface area contributed by atoms with Crippen LogP contribution in [0.2, 0.25) is 10.0 Å². The number of rotatable bonds is 11. The van der Waals surface area contributed by atoms with Gasteiger partial charge in [0.05, 0.1) is 29.9 Å². The minimum Gasteiger partial charge on any atom is -0.497 e. The highest BCUT2D eigenvalue weighted by Gasteiger charge is 2.52. The average Bonchev–Trinajstić information content (AvgIpc) is 2.95. The molecule has 1 heterocycles. The Balaban J connectivity index is 1.80. The summed E-state index contributed by atoms with van der Waals surface area (Å²) in [6.45, 7) is 3.46. The zero-order valence-electron chi connectivity index (χ0n) is 23.6. The molecule has 42 heavy (non-hydrogen) atoms. The molecule has 1 aliphatic heterocycles. The van der Waals surface area contributed by atoms with E-state index in [1.165, 1.54) is 19.2 Å². The first-order chi connectivity index (χ1) is 19.9. The standard InChI is InChI=1S/C31H34Cl2N2O6S/c1-4-24(19-34-42(39,40)26-14-12-25(41-3)13-15-26)35-29(20-8-10-22(32)11-9-20)27(21-6-5-7-23(33)16-21)17-31(2,30(35)38)18-28(36)37/h5-16,24,27,29,34H,4,17-19H2,1-3H3,(H,36,37)/t24?,27-,29-,31-/m1/s1. The summed E-state index contributed by atoms with van der Waals surface area (Å²) >= 11 is 12.6. The summed E-state index contributed by atoms with van der Waals surface area (Å²) in [6, 6.07) is 19.4. The third kappa shape index (κ3) is 6.92. The lowest BCUT2D eigenvalue weighted by Crippen LogP contribution is -2.58. The van der Waals surface area contributed by atoms with Crippen LogP contribution in [0.1, 0.15) is 56.2 Å². The average molecular weight is 634 g/mol. The Morgan fingerprint density at radius 2 is 1.74 bits per heavy atom. The second kappa shape index (κ2) is 13.0. The van der Waals surface area contributed by atoms with Crippen LogP contribution in [-0.4, -0.2) is 50.0 Å². The second-order valence-corrected chi connectivity index (χ2v) is 13.4. The number of hydrogen-bond acceptors (Lipinski definition) is 5. The third-order valence-electron chi connectivity index (χ3n) is 7.88. The van der Waals surface area contributed by atoms with Gasteiger partial charge in [-0.15, -0.1) is 0 Å². The smallest absolute Gasteiger partial charge is 0.304 e. The van der Waals surface area contributed by atoms with Crippen molar-refractivity contribution in [2.24, 2.45) is 5.41 Å². The van der Waals surface area contributed by atoms with E-state index in [0.29, 0.717) is 22.2 Å². The molecule has 0 spiro atoms. The van der Waals surface area contributed by atoms with E-state index >= 15 is 0 Å². The molecular formula is C31H34Cl2N2O6S. The van der Waals surface area contributed by atoms with Crippen molar-refractivity contribution in [2.75, 3.05) is 13.7 Å². The van der Waals surface area contributed by atoms with Gasteiger partial charge < -0.3 is 14.7 Å². The molecule has 0 aromatic heterocycles. The highest BCUT2D eigenvalue weighted by molar-refractivity contribution is 7.89. The number of ether oxygens (including phenoxy) is 1. The minimum atomic E-state index is -3.93. The van der Waals surface area contributed by atoms with Gasteiger partial charge in [0.25, 0.3) is 0 Å². The number of sulfonamides is 1. The lowest BCUT2D eigenvalue weighted by Gasteiger charge is -2.52. The summed E-state index contributed by atoms with van der Waals surface area (Å²) in [5.74, 6) is -1.25. The molecule has 3 aromatic rings. The largest absolute Gasteiger partial charge is 0.497 e. The number of carboxylic acid groups (broad SMARTS) is 1. The van der Waals surface area contributed by atoms with Crippen molar-refractivity contribution in [2.45, 2.75) is 56.0 Å². The lowest BCUT2D eigenvalue weighted by molar-refractivity contribution is -0.160. The molecule has 1 amide bonds. The van der Waals surface area contributed by atoms with Crippen LogP contribution in [-0.2, 0) is 19.6 Å². The number of likely N-dealkylation sites (tertiary alicyclic amines) is 1. The van der Waals surface area contributed by atoms with Crippen LogP contribution in [0.5, 0.6) is 5.75 Å². The number of halogens is 2. The highest BCUT2D eigenvalue weighted by Crippen LogP contribution is 2.52. The highest BCUT2D eigenvalue weighted by atomic mass is 35.5. The summed E-state index contributed by atoms with van der Waals surface area (Å²) < 4.78 is 34.3. The first-order valence-corrected chi connectivity index (χ1v) is 15.8. The van der Waals surface area contributed by atoms with E-state index in [2.05, 4.69) is 4.72 Å². The maximum Gasteiger partial charge on any atom is 0.304 e. The molecule has 0 aliphatic carbocycles. The molecule has 11 heteroatoms. The molecule has 3 aromatic carbocycles. The summed E-state index contributed by atoms with van der Waals surface area (Å²) in [6.07, 6.45) is 0.295. The van der Waals surface area contributed by atoms with E-state index in [1.807, 2.05) is 37.3 Å². The van der Waals surface area contributed by atoms with Gasteiger partial charge in [-0.05, 0) is 72.5 Å². The molecule has 2 N–H and O–H groups in total. The van der Waals surface area contributed by atoms with E-state index < -0.39 is 33.5 Å². The molecule has 224 valence electrons. The summed E-state index contributed by atoms with van der Waals surface area (Å²) in [5.41, 5.74) is 0.404. The number of nitrogens with zero attached hydrogens (tertiary/aromatic N) is 1. The molecule has 1 aliphatic rings. The monoisotopic (exact) mass is 632 g/mol. The normalized spacial score (nSPS) is 21.6. The number of carbonyl (C=O) groups excluding carboxylic acids is 1. The Morgan fingerprint density at radius 3 is 2.31 bits per heavy atom. The van der Waals surface area contributed by atoms with Crippen molar-refractivity contribution in [3.63, 3.8) is 0 Å². The van der Waals surface area contributed by atoms with Crippen molar-refractivity contribution >= 4 is 45.1 Å². The molecular weight excluding hydrogens is 599 g/mol. The van der Waals surface area contributed by atoms with Crippen molar-refractivity contribution in [3.05, 3.63) is 94.0 Å². The maximum absolute atomic E-state index is 14.4. The molecule has 1 fully saturated rings. The Kier molecular flexibility index (Phi) is 9.88. The number of methoxy groups -OCH3 is 1. The zero-order chi connectivity index (χ0) is 30.7. The van der Waals surface area contributed by atoms with Crippen molar-refractivity contribution < 1.29 is 27.9 Å². The number of benzene rings is 3. The molecule has 4 atom stereocenters. The Hall–Kier alpha value is -3.11. The lowest BCUT2D eigenvalue weighted by atomic mass is 9.67. The molecule has 1 saturated heterocycles. The zero-order valence-corrected chi connectivity index (χ0v) is 25.9. The summed E-state index contributed by atoms with van der Waals surface area (Å²) in [7, 11) is -2.43. The van der Waals surface area contributed by atoms with Crippen LogP contribution in [0.25, 0.3) is 0 Å². The number of carboxylic acids is 1. The van der Waals surface area contributed by atoms with Gasteiger partial charge >= 0.3 is 5.97 Å². The van der Waals surface area contributed by atoms with Gasteiger partial charge in [0.2, 0.25) is 15.9 Å². The van der Waals surface area contributed by atoms with E-state index in [9.17, 15) is 23.1 Å². The van der Waals surface area contributed by atoms with Crippen molar-refractivity contribution in [3.8, 4) is 5.75 Å². The van der Waals surface area contributed by atoms with Crippen LogP contribution in [0, 0.1) is 5.41 Å². The first kappa shape index (κ1) is 31.8. The number of aliphatic carboxylic acids is 1.